The second-order valence-electron chi connectivity index (χ2n) is 3.09. The molecule has 0 amide bonds. The van der Waals surface area contributed by atoms with E-state index in [1.165, 1.54) is 13.2 Å². The van der Waals surface area contributed by atoms with Crippen molar-refractivity contribution in [3.8, 4) is 11.5 Å². The van der Waals surface area contributed by atoms with E-state index in [-0.39, 0.29) is 11.8 Å². The minimum atomic E-state index is -0.357. The third kappa shape index (κ3) is 3.09. The Labute approximate surface area is 88.2 Å². The lowest BCUT2D eigenvalue weighted by Gasteiger charge is -2.03. The highest BCUT2D eigenvalue weighted by molar-refractivity contribution is 5.82. The standard InChI is InChI=1S/C11H13NO3/c1-8(7-13)12-6-9-3-4-10(14)11(5-9)15-2/h3-8,14H,1-2H3. The van der Waals surface area contributed by atoms with Crippen LogP contribution in [0, 0.1) is 0 Å². The van der Waals surface area contributed by atoms with Crippen LogP contribution >= 0.6 is 0 Å². The fraction of sp³-hybridized carbons (Fsp3) is 0.273. The van der Waals surface area contributed by atoms with Gasteiger partial charge in [-0.15, -0.1) is 0 Å². The molecule has 0 fully saturated rings. The van der Waals surface area contributed by atoms with Crippen LogP contribution in [0.4, 0.5) is 0 Å². The number of phenols is 1. The summed E-state index contributed by atoms with van der Waals surface area (Å²) in [6.45, 7) is 1.70. The first-order valence-corrected chi connectivity index (χ1v) is 4.53. The van der Waals surface area contributed by atoms with Gasteiger partial charge in [0.2, 0.25) is 0 Å². The molecule has 1 aromatic rings. The van der Waals surface area contributed by atoms with Gasteiger partial charge in [0.1, 0.15) is 12.3 Å². The average Bonchev–Trinajstić information content (AvgIpc) is 2.27. The highest BCUT2D eigenvalue weighted by Crippen LogP contribution is 2.25. The van der Waals surface area contributed by atoms with Crippen LogP contribution in [0.25, 0.3) is 0 Å². The molecule has 15 heavy (non-hydrogen) atoms. The predicted molar refractivity (Wildman–Crippen MR) is 57.8 cm³/mol. The Hall–Kier alpha value is -1.84. The average molecular weight is 207 g/mol. The van der Waals surface area contributed by atoms with Crippen molar-refractivity contribution in [2.24, 2.45) is 4.99 Å². The fourth-order valence-electron chi connectivity index (χ4n) is 1.01. The molecule has 0 aliphatic carbocycles. The maximum absolute atomic E-state index is 10.3. The fourth-order valence-corrected chi connectivity index (χ4v) is 1.01. The summed E-state index contributed by atoms with van der Waals surface area (Å²) in [5.74, 6) is 0.468. The van der Waals surface area contributed by atoms with E-state index in [2.05, 4.69) is 4.99 Å². The number of rotatable bonds is 4. The van der Waals surface area contributed by atoms with Crippen LogP contribution in [0.15, 0.2) is 23.2 Å². The van der Waals surface area contributed by atoms with Gasteiger partial charge in [0.25, 0.3) is 0 Å². The molecule has 0 aliphatic heterocycles. The van der Waals surface area contributed by atoms with Gasteiger partial charge >= 0.3 is 0 Å². The number of carbonyl (C=O) groups excluding carboxylic acids is 1. The maximum Gasteiger partial charge on any atom is 0.161 e. The Morgan fingerprint density at radius 2 is 2.27 bits per heavy atom. The first-order chi connectivity index (χ1) is 7.17. The van der Waals surface area contributed by atoms with E-state index in [1.807, 2.05) is 0 Å². The molecule has 0 bridgehead atoms. The molecule has 0 radical (unpaired) electrons. The van der Waals surface area contributed by atoms with Gasteiger partial charge in [0, 0.05) is 6.21 Å². The first-order valence-electron chi connectivity index (χ1n) is 4.53. The molecular weight excluding hydrogens is 194 g/mol. The Balaban J connectivity index is 2.87. The number of aromatic hydroxyl groups is 1. The summed E-state index contributed by atoms with van der Waals surface area (Å²) in [6, 6.07) is 4.51. The van der Waals surface area contributed by atoms with Gasteiger partial charge in [0.05, 0.1) is 7.11 Å². The minimum Gasteiger partial charge on any atom is -0.504 e. The summed E-state index contributed by atoms with van der Waals surface area (Å²) in [6.07, 6.45) is 2.33. The Bertz CT molecular complexity index is 374. The molecule has 80 valence electrons. The van der Waals surface area contributed by atoms with E-state index in [0.29, 0.717) is 5.75 Å². The number of carbonyl (C=O) groups is 1. The van der Waals surface area contributed by atoms with Crippen LogP contribution in [-0.4, -0.2) is 30.8 Å². The van der Waals surface area contributed by atoms with E-state index < -0.39 is 0 Å². The molecule has 0 aliphatic rings. The molecule has 0 aromatic heterocycles. The SMILES string of the molecule is COc1cc(C=NC(C)C=O)ccc1O. The van der Waals surface area contributed by atoms with E-state index in [1.54, 1.807) is 25.3 Å². The lowest BCUT2D eigenvalue weighted by atomic mass is 10.2. The summed E-state index contributed by atoms with van der Waals surface area (Å²) in [4.78, 5) is 14.3. The summed E-state index contributed by atoms with van der Waals surface area (Å²) < 4.78 is 4.94. The number of nitrogens with zero attached hydrogens (tertiary/aromatic N) is 1. The molecule has 1 aromatic carbocycles. The minimum absolute atomic E-state index is 0.0816. The van der Waals surface area contributed by atoms with Crippen LogP contribution in [0.1, 0.15) is 12.5 Å². The van der Waals surface area contributed by atoms with Gasteiger partial charge in [-0.2, -0.15) is 0 Å². The highest BCUT2D eigenvalue weighted by Gasteiger charge is 2.01. The molecule has 0 heterocycles. The van der Waals surface area contributed by atoms with Gasteiger partial charge < -0.3 is 14.6 Å². The summed E-state index contributed by atoms with van der Waals surface area (Å²) >= 11 is 0. The summed E-state index contributed by atoms with van der Waals surface area (Å²) in [7, 11) is 1.48. The van der Waals surface area contributed by atoms with E-state index >= 15 is 0 Å². The third-order valence-electron chi connectivity index (χ3n) is 1.86. The highest BCUT2D eigenvalue weighted by atomic mass is 16.5. The Morgan fingerprint density at radius 3 is 2.87 bits per heavy atom. The lowest BCUT2D eigenvalue weighted by Crippen LogP contribution is -1.99. The van der Waals surface area contributed by atoms with Crippen molar-refractivity contribution >= 4 is 12.5 Å². The molecule has 0 spiro atoms. The van der Waals surface area contributed by atoms with Crippen molar-refractivity contribution in [3.05, 3.63) is 23.8 Å². The molecule has 0 saturated carbocycles. The molecule has 1 N–H and O–H groups in total. The number of phenolic OH excluding ortho intramolecular Hbond substituents is 1. The summed E-state index contributed by atoms with van der Waals surface area (Å²) in [5, 5.41) is 9.33. The second-order valence-corrected chi connectivity index (χ2v) is 3.09. The zero-order valence-electron chi connectivity index (χ0n) is 8.68. The molecule has 4 heteroatoms. The Morgan fingerprint density at radius 1 is 1.53 bits per heavy atom. The van der Waals surface area contributed by atoms with Gasteiger partial charge in [-0.25, -0.2) is 0 Å². The number of hydrogen-bond donors (Lipinski definition) is 1. The topological polar surface area (TPSA) is 58.9 Å². The number of aliphatic imine (C=N–C) groups is 1. The number of ether oxygens (including phenoxy) is 1. The molecule has 1 rings (SSSR count). The molecule has 1 atom stereocenters. The lowest BCUT2D eigenvalue weighted by molar-refractivity contribution is -0.108. The normalized spacial score (nSPS) is 12.7. The van der Waals surface area contributed by atoms with E-state index in [9.17, 15) is 9.90 Å². The molecule has 0 saturated heterocycles. The summed E-state index contributed by atoms with van der Waals surface area (Å²) in [5.41, 5.74) is 0.776. The van der Waals surface area contributed by atoms with Gasteiger partial charge in [-0.05, 0) is 30.7 Å². The van der Waals surface area contributed by atoms with Crippen molar-refractivity contribution in [3.63, 3.8) is 0 Å². The van der Waals surface area contributed by atoms with Crippen molar-refractivity contribution in [1.82, 2.24) is 0 Å². The number of hydrogen-bond acceptors (Lipinski definition) is 4. The van der Waals surface area contributed by atoms with E-state index in [0.717, 1.165) is 11.8 Å². The monoisotopic (exact) mass is 207 g/mol. The van der Waals surface area contributed by atoms with Crippen LogP contribution in [0.2, 0.25) is 0 Å². The van der Waals surface area contributed by atoms with Crippen LogP contribution in [-0.2, 0) is 4.79 Å². The second kappa shape index (κ2) is 5.14. The molecule has 1 unspecified atom stereocenters. The van der Waals surface area contributed by atoms with Crippen molar-refractivity contribution in [1.29, 1.82) is 0 Å². The van der Waals surface area contributed by atoms with Gasteiger partial charge in [-0.1, -0.05) is 0 Å². The van der Waals surface area contributed by atoms with E-state index in [4.69, 9.17) is 4.74 Å². The van der Waals surface area contributed by atoms with Crippen LogP contribution < -0.4 is 4.74 Å². The maximum atomic E-state index is 10.3. The smallest absolute Gasteiger partial charge is 0.161 e. The van der Waals surface area contributed by atoms with Crippen molar-refractivity contribution in [2.45, 2.75) is 13.0 Å². The van der Waals surface area contributed by atoms with Crippen LogP contribution in [0.5, 0.6) is 11.5 Å². The van der Waals surface area contributed by atoms with Crippen LogP contribution in [0.3, 0.4) is 0 Å². The van der Waals surface area contributed by atoms with Gasteiger partial charge in [-0.3, -0.25) is 4.99 Å². The van der Waals surface area contributed by atoms with Crippen molar-refractivity contribution < 1.29 is 14.6 Å². The molecular formula is C11H13NO3. The predicted octanol–water partition coefficient (Wildman–Crippen LogP) is 1.41. The largest absolute Gasteiger partial charge is 0.504 e. The first kappa shape index (κ1) is 11.2. The zero-order chi connectivity index (χ0) is 11.3. The number of benzene rings is 1. The van der Waals surface area contributed by atoms with Gasteiger partial charge in [0.15, 0.2) is 11.5 Å². The third-order valence-corrected chi connectivity index (χ3v) is 1.86. The quantitative estimate of drug-likeness (QED) is 0.599. The molecule has 4 nitrogen and oxygen atoms in total. The number of aldehydes is 1. The zero-order valence-corrected chi connectivity index (χ0v) is 8.68. The van der Waals surface area contributed by atoms with Crippen molar-refractivity contribution in [2.75, 3.05) is 7.11 Å². The Kier molecular flexibility index (Phi) is 3.85. The number of methoxy groups -OCH3 is 1.